The zero-order chi connectivity index (χ0) is 12.5. The van der Waals surface area contributed by atoms with Gasteiger partial charge in [-0.1, -0.05) is 39.0 Å². The minimum atomic E-state index is 0.146. The van der Waals surface area contributed by atoms with Crippen molar-refractivity contribution in [2.24, 2.45) is 5.84 Å². The quantitative estimate of drug-likeness (QED) is 0.437. The molecule has 1 aromatic rings. The zero-order valence-electron chi connectivity index (χ0n) is 10.5. The van der Waals surface area contributed by atoms with Gasteiger partial charge in [0, 0.05) is 10.7 Å². The summed E-state index contributed by atoms with van der Waals surface area (Å²) in [6.07, 6.45) is 9.24. The number of hydrogen-bond acceptors (Lipinski definition) is 3. The molecule has 1 atom stereocenters. The lowest BCUT2D eigenvalue weighted by Gasteiger charge is -2.16. The van der Waals surface area contributed by atoms with Crippen LogP contribution in [-0.2, 0) is 0 Å². The Morgan fingerprint density at radius 2 is 2.12 bits per heavy atom. The average molecular weight is 300 g/mol. The molecule has 0 aromatic carbocycles. The molecule has 3 N–H and O–H groups in total. The first-order valence-electron chi connectivity index (χ1n) is 6.36. The van der Waals surface area contributed by atoms with Gasteiger partial charge in [-0.2, -0.15) is 0 Å². The predicted octanol–water partition coefficient (Wildman–Crippen LogP) is 3.71. The Kier molecular flexibility index (Phi) is 7.40. The molecule has 0 spiro atoms. The maximum atomic E-state index is 5.60. The fourth-order valence-electron chi connectivity index (χ4n) is 1.91. The molecule has 0 amide bonds. The van der Waals surface area contributed by atoms with E-state index in [1.54, 1.807) is 0 Å². The monoisotopic (exact) mass is 299 g/mol. The van der Waals surface area contributed by atoms with Gasteiger partial charge in [-0.25, -0.2) is 0 Å². The summed E-state index contributed by atoms with van der Waals surface area (Å²) in [7, 11) is 0. The lowest BCUT2D eigenvalue weighted by Crippen LogP contribution is -2.28. The van der Waals surface area contributed by atoms with Gasteiger partial charge >= 0.3 is 0 Å². The van der Waals surface area contributed by atoms with E-state index >= 15 is 0 Å². The van der Waals surface area contributed by atoms with Crippen molar-refractivity contribution < 1.29 is 0 Å². The van der Waals surface area contributed by atoms with Crippen molar-refractivity contribution in [3.63, 3.8) is 0 Å². The topological polar surface area (TPSA) is 50.9 Å². The summed E-state index contributed by atoms with van der Waals surface area (Å²) in [4.78, 5) is 4.38. The molecule has 3 nitrogen and oxygen atoms in total. The van der Waals surface area contributed by atoms with Crippen LogP contribution in [-0.4, -0.2) is 4.98 Å². The number of rotatable bonds is 8. The molecule has 17 heavy (non-hydrogen) atoms. The Bertz CT molecular complexity index is 317. The van der Waals surface area contributed by atoms with Crippen molar-refractivity contribution in [3.8, 4) is 0 Å². The minimum absolute atomic E-state index is 0.146. The standard InChI is InChI=1S/C13H22BrN3/c1-2-3-4-5-6-9-12(17-15)13-11(14)8-7-10-16-13/h7-8,10,12,17H,2-6,9,15H2,1H3. The SMILES string of the molecule is CCCCCCCC(NN)c1ncccc1Br. The first kappa shape index (κ1) is 14.6. The van der Waals surface area contributed by atoms with Gasteiger partial charge in [-0.15, -0.1) is 0 Å². The van der Waals surface area contributed by atoms with Crippen LogP contribution < -0.4 is 11.3 Å². The molecule has 0 saturated carbocycles. The molecule has 1 aromatic heterocycles. The average Bonchev–Trinajstić information content (AvgIpc) is 2.35. The number of hydrazine groups is 1. The van der Waals surface area contributed by atoms with Crippen LogP contribution in [0.15, 0.2) is 22.8 Å². The van der Waals surface area contributed by atoms with E-state index in [4.69, 9.17) is 5.84 Å². The first-order valence-corrected chi connectivity index (χ1v) is 7.15. The van der Waals surface area contributed by atoms with E-state index in [0.717, 1.165) is 16.6 Å². The molecule has 0 aliphatic rings. The van der Waals surface area contributed by atoms with Crippen molar-refractivity contribution in [2.75, 3.05) is 0 Å². The molecular formula is C13H22BrN3. The van der Waals surface area contributed by atoms with Crippen molar-refractivity contribution in [3.05, 3.63) is 28.5 Å². The fraction of sp³-hybridized carbons (Fsp3) is 0.615. The van der Waals surface area contributed by atoms with E-state index in [1.165, 1.54) is 32.1 Å². The number of pyridine rings is 1. The normalized spacial score (nSPS) is 12.6. The first-order chi connectivity index (χ1) is 8.29. The lowest BCUT2D eigenvalue weighted by molar-refractivity contribution is 0.468. The summed E-state index contributed by atoms with van der Waals surface area (Å²) in [6.45, 7) is 2.23. The van der Waals surface area contributed by atoms with Crippen molar-refractivity contribution in [1.82, 2.24) is 10.4 Å². The third kappa shape index (κ3) is 5.15. The van der Waals surface area contributed by atoms with Crippen molar-refractivity contribution in [2.45, 2.75) is 51.5 Å². The van der Waals surface area contributed by atoms with Gasteiger partial charge in [0.2, 0.25) is 0 Å². The lowest BCUT2D eigenvalue weighted by atomic mass is 10.0. The van der Waals surface area contributed by atoms with E-state index in [1.807, 2.05) is 18.3 Å². The summed E-state index contributed by atoms with van der Waals surface area (Å²) in [6, 6.07) is 4.07. The molecule has 0 saturated heterocycles. The summed E-state index contributed by atoms with van der Waals surface area (Å²) >= 11 is 3.51. The molecule has 96 valence electrons. The minimum Gasteiger partial charge on any atom is -0.271 e. The van der Waals surface area contributed by atoms with Gasteiger partial charge in [-0.3, -0.25) is 16.3 Å². The van der Waals surface area contributed by atoms with Crippen LogP contribution in [0.4, 0.5) is 0 Å². The van der Waals surface area contributed by atoms with E-state index in [9.17, 15) is 0 Å². The van der Waals surface area contributed by atoms with Crippen LogP contribution in [0, 0.1) is 0 Å². The Morgan fingerprint density at radius 3 is 2.76 bits per heavy atom. The number of hydrogen-bond donors (Lipinski definition) is 2. The Balaban J connectivity index is 2.41. The van der Waals surface area contributed by atoms with Crippen LogP contribution in [0.25, 0.3) is 0 Å². The van der Waals surface area contributed by atoms with E-state index in [0.29, 0.717) is 0 Å². The largest absolute Gasteiger partial charge is 0.271 e. The molecular weight excluding hydrogens is 278 g/mol. The molecule has 0 radical (unpaired) electrons. The van der Waals surface area contributed by atoms with Crippen molar-refractivity contribution in [1.29, 1.82) is 0 Å². The number of nitrogens with zero attached hydrogens (tertiary/aromatic N) is 1. The molecule has 1 rings (SSSR count). The third-order valence-electron chi connectivity index (χ3n) is 2.91. The highest BCUT2D eigenvalue weighted by Crippen LogP contribution is 2.24. The maximum absolute atomic E-state index is 5.60. The van der Waals surface area contributed by atoms with Crippen LogP contribution >= 0.6 is 15.9 Å². The highest BCUT2D eigenvalue weighted by molar-refractivity contribution is 9.10. The number of halogens is 1. The van der Waals surface area contributed by atoms with E-state index in [2.05, 4.69) is 33.3 Å². The molecule has 1 heterocycles. The van der Waals surface area contributed by atoms with Crippen molar-refractivity contribution >= 4 is 15.9 Å². The van der Waals surface area contributed by atoms with Gasteiger partial charge in [-0.05, 0) is 34.5 Å². The number of unbranched alkanes of at least 4 members (excludes halogenated alkanes) is 4. The summed E-state index contributed by atoms with van der Waals surface area (Å²) in [5.74, 6) is 5.60. The number of aromatic nitrogens is 1. The molecule has 1 unspecified atom stereocenters. The van der Waals surface area contributed by atoms with Crippen LogP contribution in [0.2, 0.25) is 0 Å². The predicted molar refractivity (Wildman–Crippen MR) is 75.4 cm³/mol. The molecule has 0 fully saturated rings. The second-order valence-electron chi connectivity index (χ2n) is 4.29. The number of nitrogens with two attached hydrogens (primary N) is 1. The maximum Gasteiger partial charge on any atom is 0.0728 e. The highest BCUT2D eigenvalue weighted by Gasteiger charge is 2.13. The second-order valence-corrected chi connectivity index (χ2v) is 5.15. The van der Waals surface area contributed by atoms with Crippen LogP contribution in [0.5, 0.6) is 0 Å². The van der Waals surface area contributed by atoms with Gasteiger partial charge in [0.15, 0.2) is 0 Å². The van der Waals surface area contributed by atoms with E-state index in [-0.39, 0.29) is 6.04 Å². The fourth-order valence-corrected chi connectivity index (χ4v) is 2.44. The second kappa shape index (κ2) is 8.61. The van der Waals surface area contributed by atoms with Gasteiger partial charge in [0.05, 0.1) is 11.7 Å². The Labute approximate surface area is 112 Å². The van der Waals surface area contributed by atoms with Gasteiger partial charge in [0.25, 0.3) is 0 Å². The highest BCUT2D eigenvalue weighted by atomic mass is 79.9. The molecule has 4 heteroatoms. The van der Waals surface area contributed by atoms with Gasteiger partial charge in [0.1, 0.15) is 0 Å². The summed E-state index contributed by atoms with van der Waals surface area (Å²) in [5.41, 5.74) is 3.86. The number of nitrogens with one attached hydrogen (secondary N) is 1. The molecule has 0 aliphatic carbocycles. The van der Waals surface area contributed by atoms with Crippen LogP contribution in [0.1, 0.15) is 57.2 Å². The Hall–Kier alpha value is -0.450. The third-order valence-corrected chi connectivity index (χ3v) is 3.59. The molecule has 0 bridgehead atoms. The van der Waals surface area contributed by atoms with Crippen LogP contribution in [0.3, 0.4) is 0 Å². The van der Waals surface area contributed by atoms with Gasteiger partial charge < -0.3 is 0 Å². The summed E-state index contributed by atoms with van der Waals surface area (Å²) < 4.78 is 1.02. The summed E-state index contributed by atoms with van der Waals surface area (Å²) in [5, 5.41) is 0. The molecule has 0 aliphatic heterocycles. The Morgan fingerprint density at radius 1 is 1.35 bits per heavy atom. The van der Waals surface area contributed by atoms with E-state index < -0.39 is 0 Å². The zero-order valence-corrected chi connectivity index (χ0v) is 12.0. The smallest absolute Gasteiger partial charge is 0.0728 e.